The number of β-amino-alcohol motifs (C(OH)–C–C–N with tert-alkyl or cyclic N) is 1. The van der Waals surface area contributed by atoms with E-state index < -0.39 is 40.1 Å². The lowest BCUT2D eigenvalue weighted by Crippen LogP contribution is -2.52. The Balaban J connectivity index is 2.95. The average molecular weight is 322 g/mol. The minimum atomic E-state index is -3.60. The minimum absolute atomic E-state index is 0.0454. The zero-order chi connectivity index (χ0) is 16.4. The summed E-state index contributed by atoms with van der Waals surface area (Å²) in [6, 6.07) is -2.14. The fraction of sp³-hybridized carbons (Fsp3) is 0.833. The fourth-order valence-electron chi connectivity index (χ4n) is 2.42. The number of carboxylic acid groups (broad SMARTS) is 1. The largest absolute Gasteiger partial charge is 0.480 e. The van der Waals surface area contributed by atoms with E-state index in [4.69, 9.17) is 5.11 Å². The summed E-state index contributed by atoms with van der Waals surface area (Å²) in [4.78, 5) is 24.6. The van der Waals surface area contributed by atoms with Crippen molar-refractivity contribution in [3.8, 4) is 0 Å². The molecule has 0 radical (unpaired) electrons. The number of carbonyl (C=O) groups is 2. The maximum absolute atomic E-state index is 12.4. The van der Waals surface area contributed by atoms with Crippen LogP contribution in [0.25, 0.3) is 0 Å². The van der Waals surface area contributed by atoms with Crippen LogP contribution in [0.5, 0.6) is 0 Å². The second-order valence-electron chi connectivity index (χ2n) is 5.81. The predicted octanol–water partition coefficient (Wildman–Crippen LogP) is -1.00. The quantitative estimate of drug-likeness (QED) is 0.576. The molecule has 1 fully saturated rings. The molecule has 8 nitrogen and oxygen atoms in total. The van der Waals surface area contributed by atoms with Crippen molar-refractivity contribution < 1.29 is 28.2 Å². The van der Waals surface area contributed by atoms with E-state index in [0.717, 1.165) is 11.2 Å². The summed E-state index contributed by atoms with van der Waals surface area (Å²) in [5.74, 6) is -1.77. The van der Waals surface area contributed by atoms with Crippen LogP contribution in [0, 0.1) is 5.92 Å². The van der Waals surface area contributed by atoms with Gasteiger partial charge in [-0.15, -0.1) is 0 Å². The molecule has 3 atom stereocenters. The summed E-state index contributed by atoms with van der Waals surface area (Å²) < 4.78 is 25.0. The van der Waals surface area contributed by atoms with Crippen molar-refractivity contribution in [1.82, 2.24) is 9.62 Å². The van der Waals surface area contributed by atoms with Crippen LogP contribution in [0.15, 0.2) is 0 Å². The van der Waals surface area contributed by atoms with E-state index in [1.54, 1.807) is 0 Å². The average Bonchev–Trinajstić information content (AvgIpc) is 2.67. The van der Waals surface area contributed by atoms with E-state index in [1.807, 2.05) is 13.8 Å². The summed E-state index contributed by atoms with van der Waals surface area (Å²) in [7, 11) is -3.60. The second kappa shape index (κ2) is 6.71. The number of aliphatic carboxylic acids is 1. The molecule has 122 valence electrons. The smallest absolute Gasteiger partial charge is 0.326 e. The lowest BCUT2D eigenvalue weighted by atomic mass is 10.0. The Bertz CT molecular complexity index is 504. The molecule has 0 aromatic rings. The van der Waals surface area contributed by atoms with Crippen LogP contribution in [0.3, 0.4) is 0 Å². The van der Waals surface area contributed by atoms with Gasteiger partial charge in [0.05, 0.1) is 12.4 Å². The van der Waals surface area contributed by atoms with E-state index >= 15 is 0 Å². The van der Waals surface area contributed by atoms with Crippen molar-refractivity contribution in [3.63, 3.8) is 0 Å². The van der Waals surface area contributed by atoms with Gasteiger partial charge in [-0.2, -0.15) is 0 Å². The Morgan fingerprint density at radius 2 is 1.95 bits per heavy atom. The Hall–Kier alpha value is -1.19. The zero-order valence-electron chi connectivity index (χ0n) is 12.3. The molecule has 3 N–H and O–H groups in total. The molecule has 0 bridgehead atoms. The number of carboxylic acids is 1. The molecule has 1 unspecified atom stereocenters. The molecular formula is C12H22N2O6S. The number of nitrogens with one attached hydrogen (secondary N) is 1. The number of sulfonamides is 1. The van der Waals surface area contributed by atoms with Crippen LogP contribution in [0.1, 0.15) is 26.7 Å². The van der Waals surface area contributed by atoms with Crippen LogP contribution in [0.2, 0.25) is 0 Å². The maximum Gasteiger partial charge on any atom is 0.326 e. The summed E-state index contributed by atoms with van der Waals surface area (Å²) in [6.45, 7) is 3.56. The lowest BCUT2D eigenvalue weighted by molar-refractivity contribution is -0.149. The van der Waals surface area contributed by atoms with Crippen molar-refractivity contribution in [1.29, 1.82) is 0 Å². The molecule has 9 heteroatoms. The fourth-order valence-corrected chi connectivity index (χ4v) is 3.13. The SMILES string of the molecule is CC(C)CC(NS(C)(=O)=O)C(=O)N1C[C@H](O)C[C@@H]1C(=O)O. The summed E-state index contributed by atoms with van der Waals surface area (Å²) in [5.41, 5.74) is 0. The zero-order valence-corrected chi connectivity index (χ0v) is 13.1. The standard InChI is InChI=1S/C12H22N2O6S/c1-7(2)4-9(13-21(3,19)20)11(16)14-6-8(15)5-10(14)12(17)18/h7-10,13,15H,4-6H2,1-3H3,(H,17,18)/t8-,9?,10-/m1/s1. The van der Waals surface area contributed by atoms with Gasteiger partial charge in [-0.1, -0.05) is 13.8 Å². The number of rotatable bonds is 6. The van der Waals surface area contributed by atoms with Crippen molar-refractivity contribution in [2.45, 2.75) is 44.9 Å². The molecule has 1 rings (SSSR count). The maximum atomic E-state index is 12.4. The highest BCUT2D eigenvalue weighted by atomic mass is 32.2. The normalized spacial score (nSPS) is 24.3. The van der Waals surface area contributed by atoms with Gasteiger partial charge in [0.1, 0.15) is 12.1 Å². The van der Waals surface area contributed by atoms with E-state index in [-0.39, 0.29) is 25.3 Å². The second-order valence-corrected chi connectivity index (χ2v) is 7.59. The predicted molar refractivity (Wildman–Crippen MR) is 75.0 cm³/mol. The number of carbonyl (C=O) groups excluding carboxylic acids is 1. The summed E-state index contributed by atoms with van der Waals surface area (Å²) >= 11 is 0. The first-order valence-electron chi connectivity index (χ1n) is 6.70. The van der Waals surface area contributed by atoms with Gasteiger partial charge in [-0.25, -0.2) is 17.9 Å². The van der Waals surface area contributed by atoms with Crippen LogP contribution in [-0.4, -0.2) is 66.4 Å². The van der Waals surface area contributed by atoms with Crippen molar-refractivity contribution in [3.05, 3.63) is 0 Å². The molecule has 1 heterocycles. The Morgan fingerprint density at radius 3 is 2.38 bits per heavy atom. The van der Waals surface area contributed by atoms with Crippen LogP contribution in [0.4, 0.5) is 0 Å². The molecule has 0 aliphatic carbocycles. The molecule has 0 aromatic heterocycles. The topological polar surface area (TPSA) is 124 Å². The number of aliphatic hydroxyl groups is 1. The molecule has 1 aliphatic rings. The van der Waals surface area contributed by atoms with Crippen molar-refractivity contribution in [2.75, 3.05) is 12.8 Å². The number of amides is 1. The van der Waals surface area contributed by atoms with Gasteiger partial charge in [0.2, 0.25) is 15.9 Å². The molecule has 0 aromatic carbocycles. The van der Waals surface area contributed by atoms with Crippen LogP contribution >= 0.6 is 0 Å². The molecule has 1 aliphatic heterocycles. The van der Waals surface area contributed by atoms with Gasteiger partial charge in [-0.3, -0.25) is 4.79 Å². The Kier molecular flexibility index (Phi) is 5.71. The molecule has 1 amide bonds. The van der Waals surface area contributed by atoms with E-state index in [0.29, 0.717) is 0 Å². The minimum Gasteiger partial charge on any atom is -0.480 e. The molecule has 21 heavy (non-hydrogen) atoms. The van der Waals surface area contributed by atoms with Gasteiger partial charge >= 0.3 is 5.97 Å². The molecule has 0 spiro atoms. The summed E-state index contributed by atoms with van der Waals surface area (Å²) in [6.07, 6.45) is 0.244. The number of aliphatic hydroxyl groups excluding tert-OH is 1. The third-order valence-corrected chi connectivity index (χ3v) is 3.92. The van der Waals surface area contributed by atoms with Crippen LogP contribution in [-0.2, 0) is 19.6 Å². The van der Waals surface area contributed by atoms with Crippen molar-refractivity contribution in [2.24, 2.45) is 5.92 Å². The van der Waals surface area contributed by atoms with E-state index in [1.165, 1.54) is 0 Å². The first-order valence-corrected chi connectivity index (χ1v) is 8.59. The van der Waals surface area contributed by atoms with Gasteiger partial charge < -0.3 is 15.1 Å². The number of hydrogen-bond donors (Lipinski definition) is 3. The van der Waals surface area contributed by atoms with E-state index in [9.17, 15) is 23.1 Å². The highest BCUT2D eigenvalue weighted by Gasteiger charge is 2.41. The Morgan fingerprint density at radius 1 is 1.38 bits per heavy atom. The van der Waals surface area contributed by atoms with Gasteiger partial charge in [0.25, 0.3) is 0 Å². The van der Waals surface area contributed by atoms with Gasteiger partial charge in [0.15, 0.2) is 0 Å². The number of likely N-dealkylation sites (tertiary alicyclic amines) is 1. The summed E-state index contributed by atoms with van der Waals surface area (Å²) in [5, 5.41) is 18.7. The third kappa shape index (κ3) is 5.25. The first-order chi connectivity index (χ1) is 9.51. The third-order valence-electron chi connectivity index (χ3n) is 3.21. The lowest BCUT2D eigenvalue weighted by Gasteiger charge is -2.27. The first kappa shape index (κ1) is 17.9. The highest BCUT2D eigenvalue weighted by molar-refractivity contribution is 7.88. The highest BCUT2D eigenvalue weighted by Crippen LogP contribution is 2.21. The number of hydrogen-bond acceptors (Lipinski definition) is 5. The van der Waals surface area contributed by atoms with E-state index in [2.05, 4.69) is 4.72 Å². The molecular weight excluding hydrogens is 300 g/mol. The monoisotopic (exact) mass is 322 g/mol. The van der Waals surface area contributed by atoms with Crippen LogP contribution < -0.4 is 4.72 Å². The van der Waals surface area contributed by atoms with Gasteiger partial charge in [0, 0.05) is 13.0 Å². The number of nitrogens with zero attached hydrogens (tertiary/aromatic N) is 1. The Labute approximate surface area is 124 Å². The van der Waals surface area contributed by atoms with Crippen molar-refractivity contribution >= 4 is 21.9 Å². The molecule has 0 saturated carbocycles. The van der Waals surface area contributed by atoms with Gasteiger partial charge in [-0.05, 0) is 12.3 Å². The molecule has 1 saturated heterocycles.